The third-order valence-electron chi connectivity index (χ3n) is 2.74. The predicted molar refractivity (Wildman–Crippen MR) is 104 cm³/mol. The number of carbonyl (C=O) groups is 2. The van der Waals surface area contributed by atoms with Crippen molar-refractivity contribution in [2.75, 3.05) is 0 Å². The number of hydrogen-bond acceptors (Lipinski definition) is 2. The molecule has 2 aromatic carbocycles. The van der Waals surface area contributed by atoms with Gasteiger partial charge in [-0.2, -0.15) is 23.6 Å². The van der Waals surface area contributed by atoms with Crippen LogP contribution in [0.25, 0.3) is 10.8 Å². The summed E-state index contributed by atoms with van der Waals surface area (Å²) >= 11 is 1.75. The summed E-state index contributed by atoms with van der Waals surface area (Å²) in [4.78, 5) is 22.0. The summed E-state index contributed by atoms with van der Waals surface area (Å²) in [7, 11) is 0. The van der Waals surface area contributed by atoms with Gasteiger partial charge in [-0.05, 0) is 0 Å². The normalized spacial score (nSPS) is 10.0. The molecule has 0 heterocycles. The van der Waals surface area contributed by atoms with Gasteiger partial charge in [-0.3, -0.25) is 15.7 Å². The average molecular weight is 390 g/mol. The van der Waals surface area contributed by atoms with Gasteiger partial charge in [0.2, 0.25) is 0 Å². The second kappa shape index (κ2) is 19.2. The first-order chi connectivity index (χ1) is 12.5. The Labute approximate surface area is 167 Å². The fourth-order valence-corrected chi connectivity index (χ4v) is 1.41. The molecule has 0 amide bonds. The van der Waals surface area contributed by atoms with Crippen molar-refractivity contribution in [3.63, 3.8) is 0 Å². The standard InChI is InChI=1S/C9H7.C5H5.2C3H6O2.CH2.Ti/c1-2-5-9-7-3-6-8(9)4-1;1-2-4-5-3-1;2*1-2-3(4)5;;/h1-7H;1-3H,4H2;2*2H2,1H3,(H,4,5);1H2;/q2*-1;;;;+2. The van der Waals surface area contributed by atoms with Gasteiger partial charge in [-0.1, -0.05) is 19.9 Å². The monoisotopic (exact) mass is 390 g/mol. The van der Waals surface area contributed by atoms with Gasteiger partial charge in [0.15, 0.2) is 0 Å². The molecular formula is C21H26O4Ti. The summed E-state index contributed by atoms with van der Waals surface area (Å²) in [5, 5.41) is 18.1. The quantitative estimate of drug-likeness (QED) is 0.571. The zero-order valence-corrected chi connectivity index (χ0v) is 16.9. The molecule has 3 rings (SSSR count). The van der Waals surface area contributed by atoms with E-state index in [-0.39, 0.29) is 12.8 Å². The van der Waals surface area contributed by atoms with Crippen LogP contribution in [0.4, 0.5) is 0 Å². The second-order valence-corrected chi connectivity index (χ2v) is 4.65. The van der Waals surface area contributed by atoms with Crippen LogP contribution in [0.15, 0.2) is 60.7 Å². The van der Waals surface area contributed by atoms with Crippen LogP contribution in [-0.2, 0) is 29.6 Å². The first-order valence-corrected chi connectivity index (χ1v) is 9.22. The number of hydrogen-bond donors (Lipinski definition) is 2. The van der Waals surface area contributed by atoms with Crippen molar-refractivity contribution in [1.82, 2.24) is 0 Å². The number of allylic oxidation sites excluding steroid dienone is 4. The Kier molecular flexibility index (Phi) is 19.2. The molecule has 0 bridgehead atoms. The van der Waals surface area contributed by atoms with Gasteiger partial charge in [0.1, 0.15) is 0 Å². The number of rotatable bonds is 2. The Morgan fingerprint density at radius 2 is 1.65 bits per heavy atom. The van der Waals surface area contributed by atoms with Crippen LogP contribution in [0.2, 0.25) is 0 Å². The van der Waals surface area contributed by atoms with Gasteiger partial charge in [0.25, 0.3) is 0 Å². The third-order valence-corrected chi connectivity index (χ3v) is 2.74. The topological polar surface area (TPSA) is 74.6 Å². The molecule has 1 aliphatic carbocycles. The van der Waals surface area contributed by atoms with Crippen molar-refractivity contribution in [3.8, 4) is 0 Å². The molecule has 0 saturated carbocycles. The maximum Gasteiger partial charge on any atom is -0.0809 e. The molecule has 2 N–H and O–H groups in total. The zero-order chi connectivity index (χ0) is 20.2. The fourth-order valence-electron chi connectivity index (χ4n) is 1.41. The minimum Gasteiger partial charge on any atom is -0.168 e. The van der Waals surface area contributed by atoms with E-state index in [9.17, 15) is 9.59 Å². The summed E-state index contributed by atoms with van der Waals surface area (Å²) in [5.41, 5.74) is 0. The van der Waals surface area contributed by atoms with E-state index >= 15 is 0 Å². The summed E-state index contributed by atoms with van der Waals surface area (Å²) in [5.74, 6) is -1.49. The van der Waals surface area contributed by atoms with E-state index in [1.165, 1.54) is 10.8 Å². The molecule has 0 atom stereocenters. The van der Waals surface area contributed by atoms with Gasteiger partial charge >= 0.3 is 36.7 Å². The SMILES string of the molecule is CCC(=O)O.CCC(=O)O.[C-]1=CC=CC1.[CH2]=[Ti+2].c1ccc2[cH-]ccc2c1. The van der Waals surface area contributed by atoms with E-state index in [1.54, 1.807) is 33.8 Å². The second-order valence-electron chi connectivity index (χ2n) is 4.65. The summed E-state index contributed by atoms with van der Waals surface area (Å²) in [6.45, 7) is 3.20. The fraction of sp³-hybridized carbons (Fsp3) is 0.238. The Balaban J connectivity index is 0. The smallest absolute Gasteiger partial charge is 0.0809 e. The molecule has 0 radical (unpaired) electrons. The van der Waals surface area contributed by atoms with Crippen molar-refractivity contribution < 1.29 is 39.8 Å². The minimum atomic E-state index is -0.745. The molecule has 0 aliphatic heterocycles. The maximum atomic E-state index is 9.37. The van der Waals surface area contributed by atoms with Crippen LogP contribution in [0.5, 0.6) is 0 Å². The zero-order valence-electron chi connectivity index (χ0n) is 15.3. The van der Waals surface area contributed by atoms with Crippen LogP contribution >= 0.6 is 0 Å². The molecule has 2 aromatic rings. The van der Waals surface area contributed by atoms with E-state index in [0.29, 0.717) is 0 Å². The minimum absolute atomic E-state index is 0.222. The molecule has 0 unspecified atom stereocenters. The molecule has 5 heteroatoms. The van der Waals surface area contributed by atoms with Crippen molar-refractivity contribution in [2.45, 2.75) is 33.1 Å². The van der Waals surface area contributed by atoms with Gasteiger partial charge in [0, 0.05) is 12.8 Å². The first kappa shape index (κ1) is 26.1. The van der Waals surface area contributed by atoms with Crippen LogP contribution in [0.1, 0.15) is 33.1 Å². The molecule has 0 aromatic heterocycles. The molecule has 4 nitrogen and oxygen atoms in total. The van der Waals surface area contributed by atoms with Gasteiger partial charge < -0.3 is 10.2 Å². The number of benzene rings is 1. The van der Waals surface area contributed by atoms with Crippen LogP contribution < -0.4 is 0 Å². The van der Waals surface area contributed by atoms with Gasteiger partial charge in [-0.15, -0.1) is 36.1 Å². The van der Waals surface area contributed by atoms with Crippen molar-refractivity contribution in [3.05, 3.63) is 66.8 Å². The predicted octanol–water partition coefficient (Wildman–Crippen LogP) is 4.79. The van der Waals surface area contributed by atoms with E-state index < -0.39 is 11.9 Å². The van der Waals surface area contributed by atoms with Crippen molar-refractivity contribution >= 4 is 27.5 Å². The number of carboxylic acids is 2. The molecular weight excluding hydrogens is 364 g/mol. The maximum absolute atomic E-state index is 9.37. The Morgan fingerprint density at radius 3 is 2.00 bits per heavy atom. The summed E-state index contributed by atoms with van der Waals surface area (Å²) in [6.07, 6.45) is 10.4. The van der Waals surface area contributed by atoms with Crippen molar-refractivity contribution in [1.29, 1.82) is 0 Å². The number of fused-ring (bicyclic) bond motifs is 1. The Bertz CT molecular complexity index is 617. The molecule has 0 spiro atoms. The molecule has 0 saturated heterocycles. The molecule has 1 aliphatic rings. The molecule has 138 valence electrons. The van der Waals surface area contributed by atoms with E-state index in [4.69, 9.17) is 10.2 Å². The van der Waals surface area contributed by atoms with Gasteiger partial charge in [-0.25, -0.2) is 12.2 Å². The van der Waals surface area contributed by atoms with E-state index in [1.807, 2.05) is 12.2 Å². The molecule has 26 heavy (non-hydrogen) atoms. The Morgan fingerprint density at radius 1 is 1.12 bits per heavy atom. The first-order valence-electron chi connectivity index (χ1n) is 8.12. The van der Waals surface area contributed by atoms with E-state index in [0.717, 1.165) is 6.42 Å². The Hall–Kier alpha value is -2.17. The summed E-state index contributed by atoms with van der Waals surface area (Å²) < 4.78 is 0. The summed E-state index contributed by atoms with van der Waals surface area (Å²) in [6, 6.07) is 14.7. The largest absolute Gasteiger partial charge is 0.168 e. The third kappa shape index (κ3) is 16.7. The van der Waals surface area contributed by atoms with E-state index in [2.05, 4.69) is 59.4 Å². The van der Waals surface area contributed by atoms with Crippen LogP contribution in [0, 0.1) is 6.08 Å². The molecule has 0 fully saturated rings. The van der Waals surface area contributed by atoms with Crippen LogP contribution in [-0.4, -0.2) is 27.0 Å². The van der Waals surface area contributed by atoms with Crippen LogP contribution in [0.3, 0.4) is 0 Å². The van der Waals surface area contributed by atoms with Crippen molar-refractivity contribution in [2.24, 2.45) is 0 Å². The van der Waals surface area contributed by atoms with Gasteiger partial charge in [0.05, 0.1) is 0 Å². The average Bonchev–Trinajstić information content (AvgIpc) is 3.38. The number of aliphatic carboxylic acids is 2. The number of carboxylic acid groups (broad SMARTS) is 2.